The van der Waals surface area contributed by atoms with Crippen molar-refractivity contribution < 1.29 is 14.6 Å². The molecule has 0 heterocycles. The number of carbonyl (C=O) groups is 1. The Balaban J connectivity index is 1.54. The summed E-state index contributed by atoms with van der Waals surface area (Å²) in [5.41, 5.74) is 6.23. The van der Waals surface area contributed by atoms with E-state index in [1.807, 2.05) is 24.3 Å². The number of rotatable bonds is 7. The van der Waals surface area contributed by atoms with Crippen LogP contribution in [0, 0.1) is 11.5 Å². The van der Waals surface area contributed by atoms with Gasteiger partial charge in [-0.05, 0) is 47.2 Å². The molecule has 1 amide bonds. The lowest BCUT2D eigenvalue weighted by atomic mass is 10.1. The average molecular weight is 403 g/mol. The van der Waals surface area contributed by atoms with Crippen LogP contribution in [0.15, 0.2) is 65.7 Å². The van der Waals surface area contributed by atoms with E-state index in [0.29, 0.717) is 31.0 Å². The first kappa shape index (κ1) is 20.5. The number of benzene rings is 3. The van der Waals surface area contributed by atoms with Gasteiger partial charge in [0.25, 0.3) is 5.91 Å². The summed E-state index contributed by atoms with van der Waals surface area (Å²) < 4.78 is 5.61. The lowest BCUT2D eigenvalue weighted by molar-refractivity contribution is 0.102. The molecule has 0 fully saturated rings. The van der Waals surface area contributed by atoms with E-state index < -0.39 is 5.91 Å². The summed E-state index contributed by atoms with van der Waals surface area (Å²) in [6.45, 7) is 0.865. The number of hydrogen-bond donors (Lipinski definition) is 4. The number of aromatic hydroxyl groups is 1. The van der Waals surface area contributed by atoms with Crippen LogP contribution in [0.2, 0.25) is 0 Å². The molecule has 3 rings (SSSR count). The third-order valence-electron chi connectivity index (χ3n) is 4.26. The molecule has 30 heavy (non-hydrogen) atoms. The lowest BCUT2D eigenvalue weighted by Gasteiger charge is -2.10. The Kier molecular flexibility index (Phi) is 6.69. The van der Waals surface area contributed by atoms with Crippen LogP contribution < -0.4 is 21.1 Å². The van der Waals surface area contributed by atoms with E-state index in [-0.39, 0.29) is 17.3 Å². The van der Waals surface area contributed by atoms with Crippen molar-refractivity contribution in [1.29, 1.82) is 5.26 Å². The molecule has 0 aliphatic carbocycles. The Hall–Kier alpha value is -4.25. The minimum absolute atomic E-state index is 0.0700. The van der Waals surface area contributed by atoms with Gasteiger partial charge in [-0.25, -0.2) is 0 Å². The van der Waals surface area contributed by atoms with Crippen LogP contribution in [-0.4, -0.2) is 30.1 Å². The fourth-order valence-electron chi connectivity index (χ4n) is 2.79. The van der Waals surface area contributed by atoms with Crippen LogP contribution >= 0.6 is 0 Å². The molecule has 3 aromatic carbocycles. The van der Waals surface area contributed by atoms with Crippen molar-refractivity contribution >= 4 is 28.3 Å². The van der Waals surface area contributed by atoms with Crippen molar-refractivity contribution in [3.8, 4) is 17.7 Å². The van der Waals surface area contributed by atoms with E-state index in [1.165, 1.54) is 0 Å². The number of phenols is 1. The molecule has 8 heteroatoms. The summed E-state index contributed by atoms with van der Waals surface area (Å²) in [5.74, 6) is 0.261. The zero-order chi connectivity index (χ0) is 21.3. The third kappa shape index (κ3) is 5.39. The Bertz CT molecular complexity index is 1100. The van der Waals surface area contributed by atoms with Crippen molar-refractivity contribution in [2.24, 2.45) is 10.7 Å². The monoisotopic (exact) mass is 403 g/mol. The number of ether oxygens (including phenoxy) is 1. The maximum absolute atomic E-state index is 12.6. The van der Waals surface area contributed by atoms with Crippen molar-refractivity contribution in [2.45, 2.75) is 6.42 Å². The molecular formula is C22H21N5O3. The molecule has 0 spiro atoms. The van der Waals surface area contributed by atoms with Crippen LogP contribution in [0.25, 0.3) is 10.8 Å². The number of nitrogens with two attached hydrogens (primary N) is 1. The van der Waals surface area contributed by atoms with E-state index in [9.17, 15) is 9.90 Å². The SMILES string of the molecule is N#CNC(N)=NCCCOc1ccc(NC(=O)c2cc3ccccc3cc2O)cc1. The van der Waals surface area contributed by atoms with Gasteiger partial charge in [-0.3, -0.25) is 15.1 Å². The smallest absolute Gasteiger partial charge is 0.259 e. The number of aliphatic imine (C=N–C) groups is 1. The summed E-state index contributed by atoms with van der Waals surface area (Å²) in [5, 5.41) is 25.3. The molecule has 0 radical (unpaired) electrons. The number of phenolic OH excluding ortho intramolecular Hbond substituents is 1. The van der Waals surface area contributed by atoms with Gasteiger partial charge < -0.3 is 20.9 Å². The van der Waals surface area contributed by atoms with Crippen molar-refractivity contribution in [3.63, 3.8) is 0 Å². The lowest BCUT2D eigenvalue weighted by Crippen LogP contribution is -2.27. The maximum atomic E-state index is 12.6. The highest BCUT2D eigenvalue weighted by molar-refractivity contribution is 6.08. The van der Waals surface area contributed by atoms with Gasteiger partial charge in [0.1, 0.15) is 11.5 Å². The van der Waals surface area contributed by atoms with Gasteiger partial charge in [-0.1, -0.05) is 24.3 Å². The second kappa shape index (κ2) is 9.80. The predicted molar refractivity (Wildman–Crippen MR) is 115 cm³/mol. The molecule has 0 aliphatic heterocycles. The standard InChI is InChI=1S/C22H21N5O3/c23-14-26-22(24)25-10-3-11-30-18-8-6-17(7-9-18)27-21(29)19-12-15-4-1-2-5-16(15)13-20(19)28/h1-2,4-9,12-13,28H,3,10-11H2,(H,27,29)(H3,24,25,26). The van der Waals surface area contributed by atoms with E-state index in [4.69, 9.17) is 15.7 Å². The number of anilines is 1. The number of nitriles is 1. The Labute approximate surface area is 173 Å². The highest BCUT2D eigenvalue weighted by atomic mass is 16.5. The number of carbonyl (C=O) groups excluding carboxylic acids is 1. The Morgan fingerprint density at radius 1 is 1.13 bits per heavy atom. The molecule has 8 nitrogen and oxygen atoms in total. The zero-order valence-corrected chi connectivity index (χ0v) is 16.1. The van der Waals surface area contributed by atoms with Crippen molar-refractivity contribution in [2.75, 3.05) is 18.5 Å². The first-order valence-electron chi connectivity index (χ1n) is 9.28. The highest BCUT2D eigenvalue weighted by Gasteiger charge is 2.13. The van der Waals surface area contributed by atoms with Gasteiger partial charge in [0.05, 0.1) is 12.2 Å². The number of guanidine groups is 1. The number of nitrogens with zero attached hydrogens (tertiary/aromatic N) is 2. The van der Waals surface area contributed by atoms with E-state index in [0.717, 1.165) is 10.8 Å². The average Bonchev–Trinajstić information content (AvgIpc) is 2.74. The molecule has 0 aliphatic rings. The fourth-order valence-corrected chi connectivity index (χ4v) is 2.79. The molecule has 3 aromatic rings. The molecule has 0 bridgehead atoms. The molecule has 0 unspecified atom stereocenters. The van der Waals surface area contributed by atoms with Gasteiger partial charge in [0.2, 0.25) is 5.96 Å². The topological polar surface area (TPSA) is 133 Å². The van der Waals surface area contributed by atoms with E-state index >= 15 is 0 Å². The minimum Gasteiger partial charge on any atom is -0.507 e. The van der Waals surface area contributed by atoms with Crippen molar-refractivity contribution in [3.05, 3.63) is 66.2 Å². The summed E-state index contributed by atoms with van der Waals surface area (Å²) in [4.78, 5) is 16.5. The quantitative estimate of drug-likeness (QED) is 0.158. The third-order valence-corrected chi connectivity index (χ3v) is 4.26. The zero-order valence-electron chi connectivity index (χ0n) is 16.1. The van der Waals surface area contributed by atoms with Crippen LogP contribution in [0.1, 0.15) is 16.8 Å². The summed E-state index contributed by atoms with van der Waals surface area (Å²) in [7, 11) is 0. The maximum Gasteiger partial charge on any atom is 0.259 e. The number of fused-ring (bicyclic) bond motifs is 1. The van der Waals surface area contributed by atoms with E-state index in [1.54, 1.807) is 42.6 Å². The van der Waals surface area contributed by atoms with Gasteiger partial charge in [-0.15, -0.1) is 0 Å². The number of amides is 1. The molecule has 0 aromatic heterocycles. The molecule has 0 atom stereocenters. The molecule has 152 valence electrons. The molecule has 0 saturated carbocycles. The van der Waals surface area contributed by atoms with Crippen molar-refractivity contribution in [1.82, 2.24) is 5.32 Å². The second-order valence-electron chi connectivity index (χ2n) is 6.40. The van der Waals surface area contributed by atoms with Gasteiger partial charge in [-0.2, -0.15) is 5.26 Å². The Morgan fingerprint density at radius 2 is 1.83 bits per heavy atom. The van der Waals surface area contributed by atoms with Gasteiger partial charge in [0.15, 0.2) is 6.19 Å². The number of nitrogens with one attached hydrogen (secondary N) is 2. The van der Waals surface area contributed by atoms with Gasteiger partial charge >= 0.3 is 0 Å². The van der Waals surface area contributed by atoms with Crippen LogP contribution in [0.5, 0.6) is 11.5 Å². The first-order valence-corrected chi connectivity index (χ1v) is 9.28. The number of hydrogen-bond acceptors (Lipinski definition) is 5. The van der Waals surface area contributed by atoms with E-state index in [2.05, 4.69) is 15.6 Å². The van der Waals surface area contributed by atoms with Gasteiger partial charge in [0, 0.05) is 18.7 Å². The van der Waals surface area contributed by atoms with Crippen LogP contribution in [0.3, 0.4) is 0 Å². The molecule has 0 saturated heterocycles. The molecule has 5 N–H and O–H groups in total. The second-order valence-corrected chi connectivity index (χ2v) is 6.40. The summed E-state index contributed by atoms with van der Waals surface area (Å²) >= 11 is 0. The minimum atomic E-state index is -0.395. The van der Waals surface area contributed by atoms with Crippen LogP contribution in [-0.2, 0) is 0 Å². The molecular weight excluding hydrogens is 382 g/mol. The largest absolute Gasteiger partial charge is 0.507 e. The predicted octanol–water partition coefficient (Wildman–Crippen LogP) is 2.95. The summed E-state index contributed by atoms with van der Waals surface area (Å²) in [6.07, 6.45) is 2.33. The fraction of sp³-hybridized carbons (Fsp3) is 0.136. The first-order chi connectivity index (χ1) is 14.6. The van der Waals surface area contributed by atoms with Crippen LogP contribution in [0.4, 0.5) is 5.69 Å². The Morgan fingerprint density at radius 3 is 2.53 bits per heavy atom. The summed E-state index contributed by atoms with van der Waals surface area (Å²) in [6, 6.07) is 17.7. The highest BCUT2D eigenvalue weighted by Crippen LogP contribution is 2.26. The normalized spacial score (nSPS) is 11.0.